The van der Waals surface area contributed by atoms with Crippen molar-refractivity contribution in [3.63, 3.8) is 0 Å². The summed E-state index contributed by atoms with van der Waals surface area (Å²) in [5.74, 6) is 0. The molecular weight excluding hydrogens is 278 g/mol. The van der Waals surface area contributed by atoms with Gasteiger partial charge in [0.25, 0.3) is 0 Å². The fourth-order valence-corrected chi connectivity index (χ4v) is 5.37. The van der Waals surface area contributed by atoms with Crippen LogP contribution < -0.4 is 0 Å². The van der Waals surface area contributed by atoms with Crippen LogP contribution in [0.4, 0.5) is 0 Å². The van der Waals surface area contributed by atoms with E-state index >= 15 is 0 Å². The zero-order valence-corrected chi connectivity index (χ0v) is 13.2. The van der Waals surface area contributed by atoms with E-state index < -0.39 is 0 Å². The Morgan fingerprint density at radius 1 is 1.05 bits per heavy atom. The molecule has 2 fully saturated rings. The second-order valence-corrected chi connectivity index (χ2v) is 7.51. The van der Waals surface area contributed by atoms with Gasteiger partial charge in [0.05, 0.1) is 11.6 Å². The summed E-state index contributed by atoms with van der Waals surface area (Å²) in [6, 6.07) is 8.55. The van der Waals surface area contributed by atoms with Gasteiger partial charge >= 0.3 is 0 Å². The fourth-order valence-electron chi connectivity index (χ4n) is 4.43. The maximum Gasteiger partial charge on any atom is 0.0987 e. The highest BCUT2D eigenvalue weighted by Crippen LogP contribution is 2.47. The van der Waals surface area contributed by atoms with E-state index in [0.29, 0.717) is 0 Å². The average Bonchev–Trinajstić information content (AvgIpc) is 3.24. The van der Waals surface area contributed by atoms with Crippen LogP contribution in [-0.2, 0) is 0 Å². The molecule has 0 radical (unpaired) electrons. The third-order valence-electron chi connectivity index (χ3n) is 5.52. The molecule has 1 aromatic heterocycles. The topological polar surface area (TPSA) is 23.5 Å². The highest BCUT2D eigenvalue weighted by Gasteiger charge is 2.47. The summed E-state index contributed by atoms with van der Waals surface area (Å²) in [7, 11) is 0. The molecule has 0 amide bonds. The van der Waals surface area contributed by atoms with Gasteiger partial charge in [-0.05, 0) is 55.6 Å². The van der Waals surface area contributed by atoms with E-state index in [2.05, 4.69) is 34.5 Å². The molecule has 4 rings (SSSR count). The van der Waals surface area contributed by atoms with Crippen LogP contribution in [0.3, 0.4) is 0 Å². The fraction of sp³-hybridized carbons (Fsp3) is 0.556. The van der Waals surface area contributed by atoms with Crippen molar-refractivity contribution in [2.75, 3.05) is 13.1 Å². The number of fused-ring (bicyclic) bond motifs is 1. The largest absolute Gasteiger partial charge is 0.386 e. The molecule has 0 bridgehead atoms. The van der Waals surface area contributed by atoms with E-state index in [1.165, 1.54) is 35.8 Å². The van der Waals surface area contributed by atoms with E-state index in [-0.39, 0.29) is 11.6 Å². The van der Waals surface area contributed by atoms with Crippen LogP contribution in [0.2, 0.25) is 0 Å². The third-order valence-corrected chi connectivity index (χ3v) is 6.50. The predicted molar refractivity (Wildman–Crippen MR) is 88.8 cm³/mol. The van der Waals surface area contributed by atoms with Crippen LogP contribution >= 0.6 is 11.3 Å². The summed E-state index contributed by atoms with van der Waals surface area (Å²) in [6.07, 6.45) is 7.05. The number of nitrogens with zero attached hydrogens (tertiary/aromatic N) is 1. The number of benzene rings is 1. The molecule has 1 N–H and O–H groups in total. The zero-order chi connectivity index (χ0) is 14.3. The first kappa shape index (κ1) is 13.7. The smallest absolute Gasteiger partial charge is 0.0987 e. The lowest BCUT2D eigenvalue weighted by Crippen LogP contribution is -2.49. The normalized spacial score (nSPS) is 23.9. The quantitative estimate of drug-likeness (QED) is 0.911. The van der Waals surface area contributed by atoms with Crippen molar-refractivity contribution in [3.8, 4) is 0 Å². The molecule has 1 unspecified atom stereocenters. The molecular formula is C18H23NOS. The summed E-state index contributed by atoms with van der Waals surface area (Å²) in [5, 5.41) is 14.7. The first-order valence-corrected chi connectivity index (χ1v) is 9.08. The van der Waals surface area contributed by atoms with Gasteiger partial charge in [-0.15, -0.1) is 11.3 Å². The number of rotatable bonds is 3. The molecule has 0 spiro atoms. The maximum absolute atomic E-state index is 11.3. The van der Waals surface area contributed by atoms with Crippen molar-refractivity contribution in [1.29, 1.82) is 0 Å². The van der Waals surface area contributed by atoms with E-state index in [0.717, 1.165) is 31.5 Å². The molecule has 2 aromatic rings. The maximum atomic E-state index is 11.3. The van der Waals surface area contributed by atoms with Crippen LogP contribution in [0.25, 0.3) is 10.1 Å². The van der Waals surface area contributed by atoms with Gasteiger partial charge in [-0.25, -0.2) is 0 Å². The van der Waals surface area contributed by atoms with Gasteiger partial charge in [0.15, 0.2) is 0 Å². The minimum Gasteiger partial charge on any atom is -0.386 e. The molecule has 21 heavy (non-hydrogen) atoms. The second-order valence-electron chi connectivity index (χ2n) is 6.59. The van der Waals surface area contributed by atoms with Gasteiger partial charge in [0.2, 0.25) is 0 Å². The van der Waals surface area contributed by atoms with Crippen LogP contribution in [0, 0.1) is 0 Å². The molecule has 1 saturated heterocycles. The Bertz CT molecular complexity index is 623. The lowest BCUT2D eigenvalue weighted by atomic mass is 9.84. The first-order chi connectivity index (χ1) is 10.3. The van der Waals surface area contributed by atoms with Crippen molar-refractivity contribution in [3.05, 3.63) is 35.2 Å². The summed E-state index contributed by atoms with van der Waals surface area (Å²) >= 11 is 1.76. The molecule has 1 aliphatic carbocycles. The zero-order valence-electron chi connectivity index (χ0n) is 12.4. The second kappa shape index (κ2) is 5.38. The van der Waals surface area contributed by atoms with Crippen LogP contribution in [0.15, 0.2) is 29.6 Å². The Labute approximate surface area is 130 Å². The van der Waals surface area contributed by atoms with Gasteiger partial charge in [0.1, 0.15) is 0 Å². The summed E-state index contributed by atoms with van der Waals surface area (Å²) in [4.78, 5) is 2.59. The van der Waals surface area contributed by atoms with E-state index in [9.17, 15) is 5.11 Å². The lowest BCUT2D eigenvalue weighted by molar-refractivity contribution is -0.0186. The summed E-state index contributed by atoms with van der Waals surface area (Å²) in [6.45, 7) is 2.33. The summed E-state index contributed by atoms with van der Waals surface area (Å²) in [5.41, 5.74) is 1.14. The van der Waals surface area contributed by atoms with Crippen molar-refractivity contribution in [2.45, 2.75) is 50.2 Å². The first-order valence-electron chi connectivity index (χ1n) is 8.20. The molecule has 1 aromatic carbocycles. The SMILES string of the molecule is OC(c1cccc2ccsc12)C1(N2CCCC2)CCCC1. The van der Waals surface area contributed by atoms with E-state index in [1.807, 2.05) is 0 Å². The predicted octanol–water partition coefficient (Wildman–Crippen LogP) is 4.34. The van der Waals surface area contributed by atoms with Crippen molar-refractivity contribution in [2.24, 2.45) is 0 Å². The Kier molecular flexibility index (Phi) is 3.52. The lowest BCUT2D eigenvalue weighted by Gasteiger charge is -2.43. The minimum atomic E-state index is -0.347. The number of thiophene rings is 1. The Morgan fingerprint density at radius 2 is 1.81 bits per heavy atom. The minimum absolute atomic E-state index is 0.00519. The Morgan fingerprint density at radius 3 is 2.57 bits per heavy atom. The molecule has 1 atom stereocenters. The van der Waals surface area contributed by atoms with Crippen molar-refractivity contribution >= 4 is 21.4 Å². The Hall–Kier alpha value is -0.900. The number of aliphatic hydroxyl groups excluding tert-OH is 1. The van der Waals surface area contributed by atoms with Crippen LogP contribution in [0.1, 0.15) is 50.2 Å². The molecule has 2 aliphatic rings. The highest BCUT2D eigenvalue weighted by molar-refractivity contribution is 7.17. The van der Waals surface area contributed by atoms with Gasteiger partial charge in [-0.3, -0.25) is 4.90 Å². The van der Waals surface area contributed by atoms with Gasteiger partial charge < -0.3 is 5.11 Å². The molecule has 112 valence electrons. The van der Waals surface area contributed by atoms with Crippen molar-refractivity contribution < 1.29 is 5.11 Å². The molecule has 2 heterocycles. The molecule has 3 heteroatoms. The number of likely N-dealkylation sites (tertiary alicyclic amines) is 1. The Balaban J connectivity index is 1.77. The number of aliphatic hydroxyl groups is 1. The molecule has 2 nitrogen and oxygen atoms in total. The van der Waals surface area contributed by atoms with Crippen molar-refractivity contribution in [1.82, 2.24) is 4.90 Å². The summed E-state index contributed by atoms with van der Waals surface area (Å²) < 4.78 is 1.27. The standard InChI is InChI=1S/C18H23NOS/c20-17(15-7-5-6-14-8-13-21-16(14)15)18(9-1-2-10-18)19-11-3-4-12-19/h5-8,13,17,20H,1-4,9-12H2. The average molecular weight is 301 g/mol. The molecule has 1 aliphatic heterocycles. The van der Waals surface area contributed by atoms with Crippen LogP contribution in [0.5, 0.6) is 0 Å². The third kappa shape index (κ3) is 2.14. The van der Waals surface area contributed by atoms with E-state index in [4.69, 9.17) is 0 Å². The van der Waals surface area contributed by atoms with Crippen LogP contribution in [-0.4, -0.2) is 28.6 Å². The number of hydrogen-bond acceptors (Lipinski definition) is 3. The van der Waals surface area contributed by atoms with E-state index in [1.54, 1.807) is 11.3 Å². The highest BCUT2D eigenvalue weighted by atomic mass is 32.1. The molecule has 1 saturated carbocycles. The van der Waals surface area contributed by atoms with Gasteiger partial charge in [-0.1, -0.05) is 31.0 Å². The number of hydrogen-bond donors (Lipinski definition) is 1. The van der Waals surface area contributed by atoms with Gasteiger partial charge in [0, 0.05) is 10.3 Å². The monoisotopic (exact) mass is 301 g/mol. The van der Waals surface area contributed by atoms with Gasteiger partial charge in [-0.2, -0.15) is 0 Å².